The lowest BCUT2D eigenvalue weighted by Gasteiger charge is -2.06. The van der Waals surface area contributed by atoms with Gasteiger partial charge in [0.15, 0.2) is 5.78 Å². The fourth-order valence-electron chi connectivity index (χ4n) is 2.39. The molecule has 0 amide bonds. The third-order valence-electron chi connectivity index (χ3n) is 3.62. The Hall–Kier alpha value is -2.55. The average Bonchev–Trinajstić information content (AvgIpc) is 2.49. The topological polar surface area (TPSA) is 46.5 Å². The van der Waals surface area contributed by atoms with Crippen LogP contribution in [0.1, 0.15) is 32.6 Å². The summed E-state index contributed by atoms with van der Waals surface area (Å²) in [5.74, 6) is 1.01. The molecular weight excluding hydrogens is 276 g/mol. The summed E-state index contributed by atoms with van der Waals surface area (Å²) in [6, 6.07) is 9.08. The third kappa shape index (κ3) is 3.37. The lowest BCUT2D eigenvalue weighted by atomic mass is 10.0. The molecule has 0 bridgehead atoms. The second-order valence-electron chi connectivity index (χ2n) is 5.39. The zero-order valence-electron chi connectivity index (χ0n) is 13.3. The van der Waals surface area contributed by atoms with Crippen LogP contribution in [0.5, 0.6) is 11.5 Å². The lowest BCUT2D eigenvalue weighted by Crippen LogP contribution is -1.96. The van der Waals surface area contributed by atoms with Crippen molar-refractivity contribution in [1.82, 2.24) is 0 Å². The Morgan fingerprint density at radius 1 is 1.05 bits per heavy atom. The number of methoxy groups -OCH3 is 1. The van der Waals surface area contributed by atoms with Gasteiger partial charge in [0, 0.05) is 5.56 Å². The lowest BCUT2D eigenvalue weighted by molar-refractivity contribution is 0.104. The number of carbonyl (C=O) groups excluding carboxylic acids is 1. The maximum Gasteiger partial charge on any atom is 0.185 e. The van der Waals surface area contributed by atoms with E-state index < -0.39 is 0 Å². The SMILES string of the molecule is COc1ccc(C(=O)C=Cc2cc(C)c(O)c(C)c2)cc1C. The highest BCUT2D eigenvalue weighted by atomic mass is 16.5. The van der Waals surface area contributed by atoms with Crippen molar-refractivity contribution in [3.05, 3.63) is 64.2 Å². The van der Waals surface area contributed by atoms with Crippen LogP contribution in [0.3, 0.4) is 0 Å². The van der Waals surface area contributed by atoms with Gasteiger partial charge in [-0.05, 0) is 79.4 Å². The molecule has 3 nitrogen and oxygen atoms in total. The predicted molar refractivity (Wildman–Crippen MR) is 88.7 cm³/mol. The Labute approximate surface area is 130 Å². The zero-order chi connectivity index (χ0) is 16.3. The van der Waals surface area contributed by atoms with Crippen molar-refractivity contribution in [1.29, 1.82) is 0 Å². The molecule has 0 aliphatic rings. The second kappa shape index (κ2) is 6.48. The first kappa shape index (κ1) is 15.8. The average molecular weight is 296 g/mol. The minimum absolute atomic E-state index is 0.0610. The first-order chi connectivity index (χ1) is 10.4. The molecule has 2 rings (SSSR count). The maximum atomic E-state index is 12.2. The zero-order valence-corrected chi connectivity index (χ0v) is 13.3. The van der Waals surface area contributed by atoms with E-state index in [0.717, 1.165) is 28.0 Å². The van der Waals surface area contributed by atoms with Gasteiger partial charge in [-0.2, -0.15) is 0 Å². The van der Waals surface area contributed by atoms with Gasteiger partial charge in [0.25, 0.3) is 0 Å². The number of hydrogen-bond donors (Lipinski definition) is 1. The Bertz CT molecular complexity index is 719. The quantitative estimate of drug-likeness (QED) is 0.678. The van der Waals surface area contributed by atoms with E-state index in [-0.39, 0.29) is 5.78 Å². The molecular formula is C19H20O3. The molecule has 0 heterocycles. The van der Waals surface area contributed by atoms with E-state index in [2.05, 4.69) is 0 Å². The van der Waals surface area contributed by atoms with Crippen LogP contribution in [-0.4, -0.2) is 18.0 Å². The summed E-state index contributed by atoms with van der Waals surface area (Å²) in [5, 5.41) is 9.76. The Morgan fingerprint density at radius 3 is 2.23 bits per heavy atom. The van der Waals surface area contributed by atoms with Crippen LogP contribution >= 0.6 is 0 Å². The number of hydrogen-bond acceptors (Lipinski definition) is 3. The molecule has 0 aromatic heterocycles. The summed E-state index contributed by atoms with van der Waals surface area (Å²) in [4.78, 5) is 12.2. The van der Waals surface area contributed by atoms with Gasteiger partial charge in [0.2, 0.25) is 0 Å². The molecule has 0 fully saturated rings. The monoisotopic (exact) mass is 296 g/mol. The smallest absolute Gasteiger partial charge is 0.185 e. The van der Waals surface area contributed by atoms with E-state index in [0.29, 0.717) is 11.3 Å². The number of phenols is 1. The standard InChI is InChI=1S/C19H20O3/c1-12-11-16(6-8-18(12)22-4)17(20)7-5-15-9-13(2)19(21)14(3)10-15/h5-11,21H,1-4H3. The van der Waals surface area contributed by atoms with Crippen LogP contribution in [0.15, 0.2) is 36.4 Å². The highest BCUT2D eigenvalue weighted by molar-refractivity contribution is 6.07. The molecule has 3 heteroatoms. The fourth-order valence-corrected chi connectivity index (χ4v) is 2.39. The Morgan fingerprint density at radius 2 is 1.68 bits per heavy atom. The molecule has 0 spiro atoms. The summed E-state index contributed by atoms with van der Waals surface area (Å²) >= 11 is 0. The van der Waals surface area contributed by atoms with Crippen LogP contribution in [0.2, 0.25) is 0 Å². The van der Waals surface area contributed by atoms with Gasteiger partial charge in [-0.25, -0.2) is 0 Å². The van der Waals surface area contributed by atoms with Gasteiger partial charge in [-0.3, -0.25) is 4.79 Å². The Balaban J connectivity index is 2.23. The number of aromatic hydroxyl groups is 1. The van der Waals surface area contributed by atoms with Gasteiger partial charge in [0.1, 0.15) is 11.5 Å². The van der Waals surface area contributed by atoms with E-state index in [1.807, 2.05) is 39.0 Å². The van der Waals surface area contributed by atoms with E-state index in [1.165, 1.54) is 0 Å². The molecule has 0 saturated carbocycles. The molecule has 0 unspecified atom stereocenters. The van der Waals surface area contributed by atoms with Crippen LogP contribution in [0.25, 0.3) is 6.08 Å². The van der Waals surface area contributed by atoms with E-state index in [9.17, 15) is 9.90 Å². The number of phenolic OH excluding ortho intramolecular Hbond substituents is 1. The normalized spacial score (nSPS) is 10.9. The molecule has 22 heavy (non-hydrogen) atoms. The molecule has 2 aromatic rings. The molecule has 0 aliphatic carbocycles. The predicted octanol–water partition coefficient (Wildman–Crippen LogP) is 4.22. The van der Waals surface area contributed by atoms with Crippen LogP contribution in [-0.2, 0) is 0 Å². The van der Waals surface area contributed by atoms with Crippen LogP contribution < -0.4 is 4.74 Å². The number of rotatable bonds is 4. The van der Waals surface area contributed by atoms with Crippen LogP contribution in [0.4, 0.5) is 0 Å². The number of aryl methyl sites for hydroxylation is 3. The maximum absolute atomic E-state index is 12.2. The van der Waals surface area contributed by atoms with Crippen molar-refractivity contribution < 1.29 is 14.6 Å². The van der Waals surface area contributed by atoms with Crippen molar-refractivity contribution in [3.63, 3.8) is 0 Å². The van der Waals surface area contributed by atoms with E-state index >= 15 is 0 Å². The largest absolute Gasteiger partial charge is 0.507 e. The van der Waals surface area contributed by atoms with Gasteiger partial charge in [-0.15, -0.1) is 0 Å². The van der Waals surface area contributed by atoms with Crippen molar-refractivity contribution in [3.8, 4) is 11.5 Å². The van der Waals surface area contributed by atoms with Gasteiger partial charge in [0.05, 0.1) is 7.11 Å². The molecule has 0 aliphatic heterocycles. The molecule has 1 N–H and O–H groups in total. The molecule has 0 saturated heterocycles. The highest BCUT2D eigenvalue weighted by Crippen LogP contribution is 2.24. The number of ether oxygens (including phenoxy) is 1. The summed E-state index contributed by atoms with van der Waals surface area (Å²) in [7, 11) is 1.61. The van der Waals surface area contributed by atoms with Crippen molar-refractivity contribution in [2.75, 3.05) is 7.11 Å². The minimum Gasteiger partial charge on any atom is -0.507 e. The van der Waals surface area contributed by atoms with E-state index in [4.69, 9.17) is 4.74 Å². The van der Waals surface area contributed by atoms with Crippen molar-refractivity contribution in [2.45, 2.75) is 20.8 Å². The van der Waals surface area contributed by atoms with E-state index in [1.54, 1.807) is 31.4 Å². The summed E-state index contributed by atoms with van der Waals surface area (Å²) in [5.41, 5.74) is 4.05. The minimum atomic E-state index is -0.0610. The molecule has 0 atom stereocenters. The Kier molecular flexibility index (Phi) is 4.66. The van der Waals surface area contributed by atoms with Crippen molar-refractivity contribution >= 4 is 11.9 Å². The highest BCUT2D eigenvalue weighted by Gasteiger charge is 2.06. The molecule has 0 radical (unpaired) electrons. The van der Waals surface area contributed by atoms with Gasteiger partial charge >= 0.3 is 0 Å². The number of ketones is 1. The number of allylic oxidation sites excluding steroid dienone is 1. The summed E-state index contributed by atoms with van der Waals surface area (Å²) in [6.07, 6.45) is 3.31. The fraction of sp³-hybridized carbons (Fsp3) is 0.211. The summed E-state index contributed by atoms with van der Waals surface area (Å²) < 4.78 is 5.19. The van der Waals surface area contributed by atoms with Crippen LogP contribution in [0, 0.1) is 20.8 Å². The van der Waals surface area contributed by atoms with Gasteiger partial charge in [-0.1, -0.05) is 6.08 Å². The van der Waals surface area contributed by atoms with Gasteiger partial charge < -0.3 is 9.84 Å². The first-order valence-electron chi connectivity index (χ1n) is 7.09. The molecule has 114 valence electrons. The molecule has 2 aromatic carbocycles. The second-order valence-corrected chi connectivity index (χ2v) is 5.39. The van der Waals surface area contributed by atoms with Crippen molar-refractivity contribution in [2.24, 2.45) is 0 Å². The first-order valence-corrected chi connectivity index (χ1v) is 7.09. The third-order valence-corrected chi connectivity index (χ3v) is 3.62. The summed E-state index contributed by atoms with van der Waals surface area (Å²) in [6.45, 7) is 5.59. The number of carbonyl (C=O) groups is 1. The number of benzene rings is 2.